The molecular formula is C22H14MgO4S4. The fraction of sp³-hybridized carbons (Fsp3) is 0. The number of hydrogen-bond acceptors (Lipinski definition) is 8. The second kappa shape index (κ2) is 12.9. The standard InChI is InChI=1S/2C11H8O2S2.Mg/c2*12-11(13)9-6-7-10(15-9)14-8-4-2-1-3-5-8;/h2*1-7H,(H,12,13);/q;;+2/p-2. The molecule has 2 heterocycles. The number of rotatable bonds is 6. The summed E-state index contributed by atoms with van der Waals surface area (Å²) in [7, 11) is 0. The zero-order valence-corrected chi connectivity index (χ0v) is 20.7. The Balaban J connectivity index is 0.000000213. The van der Waals surface area contributed by atoms with Gasteiger partial charge in [-0.05, 0) is 48.5 Å². The molecule has 2 aromatic carbocycles. The molecule has 0 unspecified atom stereocenters. The van der Waals surface area contributed by atoms with Gasteiger partial charge in [0.05, 0.1) is 30.1 Å². The fourth-order valence-corrected chi connectivity index (χ4v) is 6.10. The molecule has 0 amide bonds. The number of carboxylic acid groups (broad SMARTS) is 2. The minimum atomic E-state index is -1.11. The van der Waals surface area contributed by atoms with Crippen LogP contribution in [0.5, 0.6) is 0 Å². The first-order chi connectivity index (χ1) is 14.5. The Morgan fingerprint density at radius 1 is 0.581 bits per heavy atom. The summed E-state index contributed by atoms with van der Waals surface area (Å²) in [5, 5.41) is 21.1. The van der Waals surface area contributed by atoms with Gasteiger partial charge in [0.2, 0.25) is 0 Å². The molecule has 0 fully saturated rings. The number of carbonyl (C=O) groups excluding carboxylic acids is 2. The van der Waals surface area contributed by atoms with E-state index in [1.54, 1.807) is 47.8 Å². The smallest absolute Gasteiger partial charge is 0.544 e. The van der Waals surface area contributed by atoms with E-state index < -0.39 is 11.9 Å². The predicted octanol–water partition coefficient (Wildman–Crippen LogP) is 4.14. The van der Waals surface area contributed by atoms with Crippen LogP contribution >= 0.6 is 46.2 Å². The summed E-state index contributed by atoms with van der Waals surface area (Å²) in [4.78, 5) is 23.9. The first-order valence-electron chi connectivity index (χ1n) is 8.59. The van der Waals surface area contributed by atoms with Crippen molar-refractivity contribution in [3.63, 3.8) is 0 Å². The molecule has 4 nitrogen and oxygen atoms in total. The molecule has 4 rings (SSSR count). The maximum atomic E-state index is 10.6. The molecule has 0 N–H and O–H groups in total. The molecule has 0 aliphatic rings. The van der Waals surface area contributed by atoms with Crippen LogP contribution in [0.3, 0.4) is 0 Å². The van der Waals surface area contributed by atoms with Gasteiger partial charge in [0.25, 0.3) is 0 Å². The van der Waals surface area contributed by atoms with Crippen LogP contribution in [0.4, 0.5) is 0 Å². The second-order valence-corrected chi connectivity index (χ2v) is 10.6. The molecule has 4 aromatic rings. The molecule has 0 spiro atoms. The van der Waals surface area contributed by atoms with Crippen LogP contribution in [0, 0.1) is 0 Å². The topological polar surface area (TPSA) is 80.3 Å². The number of carbonyl (C=O) groups is 2. The molecule has 0 saturated carbocycles. The van der Waals surface area contributed by atoms with Gasteiger partial charge in [-0.1, -0.05) is 59.9 Å². The molecular weight excluding hydrogens is 481 g/mol. The van der Waals surface area contributed by atoms with Crippen LogP contribution < -0.4 is 10.2 Å². The normalized spacial score (nSPS) is 9.81. The summed E-state index contributed by atoms with van der Waals surface area (Å²) in [6, 6.07) is 26.4. The van der Waals surface area contributed by atoms with Gasteiger partial charge in [-0.15, -0.1) is 22.7 Å². The monoisotopic (exact) mass is 494 g/mol. The zero-order valence-electron chi connectivity index (χ0n) is 16.1. The van der Waals surface area contributed by atoms with Crippen molar-refractivity contribution in [3.05, 3.63) is 94.7 Å². The number of aromatic carboxylic acids is 2. The van der Waals surface area contributed by atoms with E-state index in [2.05, 4.69) is 0 Å². The van der Waals surface area contributed by atoms with Crippen LogP contribution in [-0.2, 0) is 0 Å². The number of thiophene rings is 2. The predicted molar refractivity (Wildman–Crippen MR) is 124 cm³/mol. The van der Waals surface area contributed by atoms with Gasteiger partial charge in [0.1, 0.15) is 0 Å². The van der Waals surface area contributed by atoms with Gasteiger partial charge >= 0.3 is 23.1 Å². The van der Waals surface area contributed by atoms with E-state index in [1.165, 1.54) is 22.7 Å². The van der Waals surface area contributed by atoms with Crippen LogP contribution in [0.1, 0.15) is 19.3 Å². The van der Waals surface area contributed by atoms with E-state index in [0.29, 0.717) is 0 Å². The molecule has 0 atom stereocenters. The summed E-state index contributed by atoms with van der Waals surface area (Å²) >= 11 is 5.58. The molecule has 0 saturated heterocycles. The summed E-state index contributed by atoms with van der Waals surface area (Å²) in [5.74, 6) is -2.22. The van der Waals surface area contributed by atoms with Crippen LogP contribution in [0.25, 0.3) is 0 Å². The molecule has 0 radical (unpaired) electrons. The molecule has 0 aliphatic heterocycles. The van der Waals surface area contributed by atoms with Crippen LogP contribution in [-0.4, -0.2) is 35.0 Å². The van der Waals surface area contributed by atoms with E-state index >= 15 is 0 Å². The fourth-order valence-electron chi connectivity index (χ4n) is 2.18. The Morgan fingerprint density at radius 2 is 0.935 bits per heavy atom. The van der Waals surface area contributed by atoms with Gasteiger partial charge in [0.15, 0.2) is 0 Å². The van der Waals surface area contributed by atoms with E-state index in [-0.39, 0.29) is 32.8 Å². The Kier molecular flexibility index (Phi) is 10.7. The van der Waals surface area contributed by atoms with Gasteiger partial charge in [-0.2, -0.15) is 0 Å². The number of benzene rings is 2. The third-order valence-corrected chi connectivity index (χ3v) is 7.90. The molecule has 9 heteroatoms. The van der Waals surface area contributed by atoms with Gasteiger partial charge in [-0.25, -0.2) is 0 Å². The van der Waals surface area contributed by atoms with E-state index in [4.69, 9.17) is 0 Å². The maximum absolute atomic E-state index is 10.6. The first-order valence-corrected chi connectivity index (χ1v) is 11.9. The minimum Gasteiger partial charge on any atom is -0.544 e. The Morgan fingerprint density at radius 3 is 1.23 bits per heavy atom. The third kappa shape index (κ3) is 8.36. The maximum Gasteiger partial charge on any atom is 2.00 e. The molecule has 0 aliphatic carbocycles. The molecule has 152 valence electrons. The molecule has 2 aromatic heterocycles. The Bertz CT molecular complexity index is 1020. The quantitative estimate of drug-likeness (QED) is 0.375. The van der Waals surface area contributed by atoms with E-state index in [9.17, 15) is 19.8 Å². The summed E-state index contributed by atoms with van der Waals surface area (Å²) in [6.45, 7) is 0. The van der Waals surface area contributed by atoms with Crippen molar-refractivity contribution >= 4 is 81.2 Å². The minimum absolute atomic E-state index is 0. The van der Waals surface area contributed by atoms with Crippen molar-refractivity contribution in [2.24, 2.45) is 0 Å². The summed E-state index contributed by atoms with van der Waals surface area (Å²) in [6.07, 6.45) is 0. The number of carboxylic acids is 2. The van der Waals surface area contributed by atoms with Crippen molar-refractivity contribution in [1.29, 1.82) is 0 Å². The average Bonchev–Trinajstić information content (AvgIpc) is 3.40. The van der Waals surface area contributed by atoms with Crippen molar-refractivity contribution in [3.8, 4) is 0 Å². The molecule has 0 bridgehead atoms. The van der Waals surface area contributed by atoms with E-state index in [1.807, 2.05) is 60.7 Å². The molecule has 31 heavy (non-hydrogen) atoms. The van der Waals surface area contributed by atoms with Crippen molar-refractivity contribution in [2.45, 2.75) is 18.2 Å². The van der Waals surface area contributed by atoms with Crippen molar-refractivity contribution in [1.82, 2.24) is 0 Å². The van der Waals surface area contributed by atoms with Crippen LogP contribution in [0.15, 0.2) is 103 Å². The van der Waals surface area contributed by atoms with Gasteiger partial charge in [-0.3, -0.25) is 0 Å². The SMILES string of the molecule is O=C([O-])c1ccc(Sc2ccccc2)s1.O=C([O-])c1ccc(Sc2ccccc2)s1.[Mg+2]. The average molecular weight is 495 g/mol. The van der Waals surface area contributed by atoms with Crippen molar-refractivity contribution in [2.75, 3.05) is 0 Å². The summed E-state index contributed by atoms with van der Waals surface area (Å²) in [5.41, 5.74) is 0. The van der Waals surface area contributed by atoms with Crippen molar-refractivity contribution < 1.29 is 19.8 Å². The Labute approximate surface area is 212 Å². The zero-order chi connectivity index (χ0) is 21.3. The summed E-state index contributed by atoms with van der Waals surface area (Å²) < 4.78 is 1.92. The second-order valence-electron chi connectivity index (χ2n) is 5.64. The third-order valence-electron chi connectivity index (χ3n) is 3.49. The van der Waals surface area contributed by atoms with E-state index in [0.717, 1.165) is 18.2 Å². The van der Waals surface area contributed by atoms with Gasteiger partial charge in [0, 0.05) is 9.79 Å². The first kappa shape index (κ1) is 25.5. The van der Waals surface area contributed by atoms with Crippen LogP contribution in [0.2, 0.25) is 0 Å². The largest absolute Gasteiger partial charge is 2.00 e. The Hall–Kier alpha value is -1.75. The van der Waals surface area contributed by atoms with Gasteiger partial charge < -0.3 is 19.8 Å². The number of hydrogen-bond donors (Lipinski definition) is 0.